The number of hydrogen-bond acceptors (Lipinski definition) is 5. The fourth-order valence-corrected chi connectivity index (χ4v) is 4.67. The molecule has 0 aliphatic carbocycles. The number of sulfonamides is 1. The maximum absolute atomic E-state index is 11.6. The molecule has 0 amide bonds. The lowest BCUT2D eigenvalue weighted by molar-refractivity contribution is 0.169. The van der Waals surface area contributed by atoms with Gasteiger partial charge < -0.3 is 15.5 Å². The molecule has 176 valence electrons. The normalized spacial score (nSPS) is 13.5. The van der Waals surface area contributed by atoms with Crippen molar-refractivity contribution < 1.29 is 18.6 Å². The van der Waals surface area contributed by atoms with Crippen LogP contribution in [-0.2, 0) is 16.4 Å². The summed E-state index contributed by atoms with van der Waals surface area (Å²) >= 11 is 0. The molecule has 7 heteroatoms. The van der Waals surface area contributed by atoms with Gasteiger partial charge in [-0.3, -0.25) is 4.72 Å². The summed E-state index contributed by atoms with van der Waals surface area (Å²) in [5, 5.41) is 26.7. The van der Waals surface area contributed by atoms with E-state index in [9.17, 15) is 18.6 Å². The van der Waals surface area contributed by atoms with Gasteiger partial charge in [0, 0.05) is 12.6 Å². The molecule has 0 saturated heterocycles. The number of aliphatic hydroxyl groups excluding tert-OH is 1. The van der Waals surface area contributed by atoms with Crippen molar-refractivity contribution in [3.05, 3.63) is 108 Å². The zero-order valence-corrected chi connectivity index (χ0v) is 19.7. The van der Waals surface area contributed by atoms with E-state index in [0.29, 0.717) is 5.56 Å². The number of hydrogen-bond donors (Lipinski definition) is 4. The number of phenols is 1. The summed E-state index contributed by atoms with van der Waals surface area (Å²) in [4.78, 5) is 0. The topological polar surface area (TPSA) is 98.7 Å². The third kappa shape index (κ3) is 5.94. The molecular formula is C27H28N2O4S. The molecule has 1 unspecified atom stereocenters. The van der Waals surface area contributed by atoms with Gasteiger partial charge in [0.05, 0.1) is 18.0 Å². The molecular weight excluding hydrogens is 448 g/mol. The minimum absolute atomic E-state index is 0.0361. The molecule has 0 aliphatic rings. The summed E-state index contributed by atoms with van der Waals surface area (Å²) in [7, 11) is -3.57. The van der Waals surface area contributed by atoms with Crippen LogP contribution in [0.3, 0.4) is 0 Å². The lowest BCUT2D eigenvalue weighted by atomic mass is 9.93. The molecule has 2 atom stereocenters. The van der Waals surface area contributed by atoms with E-state index < -0.39 is 16.1 Å². The van der Waals surface area contributed by atoms with Gasteiger partial charge in [0.25, 0.3) is 0 Å². The van der Waals surface area contributed by atoms with Crippen molar-refractivity contribution in [2.75, 3.05) is 17.5 Å². The van der Waals surface area contributed by atoms with Crippen LogP contribution in [0.1, 0.15) is 28.8 Å². The number of phenolic OH excluding ortho intramolecular Hbond substituents is 1. The van der Waals surface area contributed by atoms with Crippen molar-refractivity contribution in [1.82, 2.24) is 5.32 Å². The van der Waals surface area contributed by atoms with Crippen LogP contribution in [0.25, 0.3) is 10.8 Å². The van der Waals surface area contributed by atoms with Crippen molar-refractivity contribution in [3.8, 4) is 5.75 Å². The van der Waals surface area contributed by atoms with Gasteiger partial charge in [0.15, 0.2) is 0 Å². The average molecular weight is 477 g/mol. The Morgan fingerprint density at radius 3 is 2.35 bits per heavy atom. The maximum atomic E-state index is 11.6. The van der Waals surface area contributed by atoms with Gasteiger partial charge >= 0.3 is 0 Å². The van der Waals surface area contributed by atoms with Crippen molar-refractivity contribution in [2.24, 2.45) is 0 Å². The van der Waals surface area contributed by atoms with Crippen LogP contribution in [0.15, 0.2) is 91.0 Å². The molecule has 0 aliphatic heterocycles. The van der Waals surface area contributed by atoms with E-state index >= 15 is 0 Å². The van der Waals surface area contributed by atoms with Crippen molar-refractivity contribution in [2.45, 2.75) is 18.6 Å². The lowest BCUT2D eigenvalue weighted by Gasteiger charge is -2.23. The first-order chi connectivity index (χ1) is 16.3. The predicted molar refractivity (Wildman–Crippen MR) is 136 cm³/mol. The Balaban J connectivity index is 1.59. The molecule has 0 spiro atoms. The second kappa shape index (κ2) is 10.3. The van der Waals surface area contributed by atoms with E-state index in [-0.39, 0.29) is 24.0 Å². The molecule has 34 heavy (non-hydrogen) atoms. The van der Waals surface area contributed by atoms with Gasteiger partial charge in [0.2, 0.25) is 10.0 Å². The minimum Gasteiger partial charge on any atom is -0.506 e. The van der Waals surface area contributed by atoms with Crippen LogP contribution in [0.5, 0.6) is 5.75 Å². The smallest absolute Gasteiger partial charge is 0.229 e. The van der Waals surface area contributed by atoms with Gasteiger partial charge in [-0.2, -0.15) is 0 Å². The molecule has 4 rings (SSSR count). The SMILES string of the molecule is CS(=O)(=O)Nc1cc([C@H](O)CNC(Cc2ccccc2)c2cccc3ccccc23)ccc1O. The Morgan fingerprint density at radius 1 is 0.882 bits per heavy atom. The number of fused-ring (bicyclic) bond motifs is 1. The van der Waals surface area contributed by atoms with E-state index in [0.717, 1.165) is 29.0 Å². The third-order valence-electron chi connectivity index (χ3n) is 5.74. The van der Waals surface area contributed by atoms with Gasteiger partial charge in [-0.15, -0.1) is 0 Å². The Hall–Kier alpha value is -3.39. The van der Waals surface area contributed by atoms with Crippen LogP contribution >= 0.6 is 0 Å². The first kappa shape index (κ1) is 23.8. The van der Waals surface area contributed by atoms with Gasteiger partial charge in [0.1, 0.15) is 5.75 Å². The van der Waals surface area contributed by atoms with E-state index in [2.05, 4.69) is 46.4 Å². The van der Waals surface area contributed by atoms with Crippen LogP contribution in [-0.4, -0.2) is 31.4 Å². The minimum atomic E-state index is -3.57. The highest BCUT2D eigenvalue weighted by Gasteiger charge is 2.18. The van der Waals surface area contributed by atoms with Crippen molar-refractivity contribution >= 4 is 26.5 Å². The molecule has 4 aromatic carbocycles. The van der Waals surface area contributed by atoms with Crippen LogP contribution in [0, 0.1) is 0 Å². The van der Waals surface area contributed by atoms with Crippen molar-refractivity contribution in [1.29, 1.82) is 0 Å². The molecule has 0 radical (unpaired) electrons. The van der Waals surface area contributed by atoms with Gasteiger partial charge in [-0.25, -0.2) is 8.42 Å². The summed E-state index contributed by atoms with van der Waals surface area (Å²) in [5.74, 6) is -0.202. The first-order valence-electron chi connectivity index (χ1n) is 11.0. The zero-order valence-electron chi connectivity index (χ0n) is 18.8. The largest absolute Gasteiger partial charge is 0.506 e. The lowest BCUT2D eigenvalue weighted by Crippen LogP contribution is -2.28. The number of anilines is 1. The number of benzene rings is 4. The molecule has 4 aromatic rings. The average Bonchev–Trinajstić information content (AvgIpc) is 2.82. The van der Waals surface area contributed by atoms with Crippen LogP contribution in [0.4, 0.5) is 5.69 Å². The second-order valence-corrected chi connectivity index (χ2v) is 10.1. The molecule has 0 heterocycles. The molecule has 0 bridgehead atoms. The van der Waals surface area contributed by atoms with Crippen LogP contribution < -0.4 is 10.0 Å². The molecule has 6 nitrogen and oxygen atoms in total. The summed E-state index contributed by atoms with van der Waals surface area (Å²) in [6.07, 6.45) is 0.835. The standard InChI is InChI=1S/C27H28N2O4S/c1-34(32,33)29-25-17-21(14-15-26(25)30)27(31)18-28-24(16-19-8-3-2-4-9-19)23-13-7-11-20-10-5-6-12-22(20)23/h2-15,17,24,27-31H,16,18H2,1H3/t24?,27-/m1/s1. The highest BCUT2D eigenvalue weighted by molar-refractivity contribution is 7.92. The Bertz CT molecular complexity index is 1370. The summed E-state index contributed by atoms with van der Waals surface area (Å²) in [6, 6.07) is 29.0. The molecule has 0 aromatic heterocycles. The summed E-state index contributed by atoms with van der Waals surface area (Å²) in [5.41, 5.74) is 2.84. The number of rotatable bonds is 9. The molecule has 0 fully saturated rings. The van der Waals surface area contributed by atoms with E-state index in [1.165, 1.54) is 17.7 Å². The highest BCUT2D eigenvalue weighted by atomic mass is 32.2. The maximum Gasteiger partial charge on any atom is 0.229 e. The highest BCUT2D eigenvalue weighted by Crippen LogP contribution is 2.30. The Labute approximate surface area is 200 Å². The van der Waals surface area contributed by atoms with Crippen molar-refractivity contribution in [3.63, 3.8) is 0 Å². The fourth-order valence-electron chi connectivity index (χ4n) is 4.11. The summed E-state index contributed by atoms with van der Waals surface area (Å²) in [6.45, 7) is 0.240. The number of nitrogens with one attached hydrogen (secondary N) is 2. The fraction of sp³-hybridized carbons (Fsp3) is 0.185. The number of aromatic hydroxyl groups is 1. The second-order valence-electron chi connectivity index (χ2n) is 8.39. The zero-order chi connectivity index (χ0) is 24.1. The first-order valence-corrected chi connectivity index (χ1v) is 12.9. The Kier molecular flexibility index (Phi) is 7.17. The molecule has 0 saturated carbocycles. The quantitative estimate of drug-likeness (QED) is 0.266. The van der Waals surface area contributed by atoms with Crippen LogP contribution in [0.2, 0.25) is 0 Å². The predicted octanol–water partition coefficient (Wildman–Crippen LogP) is 4.52. The van der Waals surface area contributed by atoms with Gasteiger partial charge in [-0.1, -0.05) is 78.9 Å². The van der Waals surface area contributed by atoms with Gasteiger partial charge in [-0.05, 0) is 46.0 Å². The monoisotopic (exact) mass is 476 g/mol. The summed E-state index contributed by atoms with van der Waals surface area (Å²) < 4.78 is 25.5. The number of aliphatic hydroxyl groups is 1. The molecule has 4 N–H and O–H groups in total. The Morgan fingerprint density at radius 2 is 1.59 bits per heavy atom. The third-order valence-corrected chi connectivity index (χ3v) is 6.33. The van der Waals surface area contributed by atoms with E-state index in [4.69, 9.17) is 0 Å². The van der Waals surface area contributed by atoms with E-state index in [1.54, 1.807) is 6.07 Å². The van der Waals surface area contributed by atoms with E-state index in [1.807, 2.05) is 36.4 Å².